The summed E-state index contributed by atoms with van der Waals surface area (Å²) >= 11 is 1.59. The van der Waals surface area contributed by atoms with E-state index >= 15 is 0 Å². The van der Waals surface area contributed by atoms with E-state index in [1.54, 1.807) is 18.8 Å². The Labute approximate surface area is 172 Å². The van der Waals surface area contributed by atoms with Gasteiger partial charge in [0.15, 0.2) is 0 Å². The second kappa shape index (κ2) is 8.80. The van der Waals surface area contributed by atoms with E-state index in [9.17, 15) is 0 Å². The van der Waals surface area contributed by atoms with Crippen molar-refractivity contribution in [3.8, 4) is 0 Å². The number of anilines is 1. The van der Waals surface area contributed by atoms with Crippen LogP contribution in [0.1, 0.15) is 19.4 Å². The summed E-state index contributed by atoms with van der Waals surface area (Å²) in [4.78, 5) is 14.4. The fourth-order valence-corrected chi connectivity index (χ4v) is 3.88. The molecular weight excluding hydrogens is 366 g/mol. The maximum absolute atomic E-state index is 4.56. The van der Waals surface area contributed by atoms with E-state index in [1.165, 1.54) is 0 Å². The Balaban J connectivity index is 1.75. The van der Waals surface area contributed by atoms with Gasteiger partial charge in [-0.25, -0.2) is 4.98 Å². The highest BCUT2D eigenvalue weighted by atomic mass is 32.2. The van der Waals surface area contributed by atoms with Crippen molar-refractivity contribution in [3.05, 3.63) is 55.0 Å². The lowest BCUT2D eigenvalue weighted by molar-refractivity contribution is 0.131. The largest absolute Gasteiger partial charge is 0.356 e. The minimum atomic E-state index is 0.512. The number of rotatable bonds is 5. The molecule has 3 rings (SSSR count). The molecule has 0 spiro atoms. The van der Waals surface area contributed by atoms with Gasteiger partial charge in [0.2, 0.25) is 0 Å². The van der Waals surface area contributed by atoms with Crippen LogP contribution < -0.4 is 5.32 Å². The third-order valence-electron chi connectivity index (χ3n) is 5.24. The minimum Gasteiger partial charge on any atom is -0.356 e. The zero-order valence-corrected chi connectivity index (χ0v) is 18.0. The summed E-state index contributed by atoms with van der Waals surface area (Å²) in [5, 5.41) is 6.61. The molecule has 1 fully saturated rings. The first-order valence-electron chi connectivity index (χ1n) is 9.49. The smallest absolute Gasteiger partial charge is 0.131 e. The fraction of sp³-hybridized carbons (Fsp3) is 0.364. The standard InChI is InChI=1S/C22H29N5S/c1-15-14-27(10-9-26(15)6)17(3)25-22-12-21-11-19(7-8-20(21)13-24-22)16(2)28-18(4)23-5/h7-8,11-13,15H,2-3,9-10,14H2,1,4-6H3,(H,24,25). The molecule has 1 aliphatic rings. The van der Waals surface area contributed by atoms with Crippen LogP contribution in [0.3, 0.4) is 0 Å². The van der Waals surface area contributed by atoms with Gasteiger partial charge < -0.3 is 15.1 Å². The Hall–Kier alpha value is -2.31. The van der Waals surface area contributed by atoms with Gasteiger partial charge in [0.05, 0.1) is 10.9 Å². The Kier molecular flexibility index (Phi) is 6.42. The summed E-state index contributed by atoms with van der Waals surface area (Å²) in [5.41, 5.74) is 1.10. The summed E-state index contributed by atoms with van der Waals surface area (Å²) in [6.45, 7) is 15.6. The van der Waals surface area contributed by atoms with E-state index in [4.69, 9.17) is 0 Å². The van der Waals surface area contributed by atoms with Crippen molar-refractivity contribution < 1.29 is 0 Å². The molecule has 1 aromatic heterocycles. The average Bonchev–Trinajstić information content (AvgIpc) is 2.69. The molecule has 1 aromatic carbocycles. The average molecular weight is 396 g/mol. The van der Waals surface area contributed by atoms with Crippen LogP contribution in [0.2, 0.25) is 0 Å². The number of fused-ring (bicyclic) bond motifs is 1. The molecule has 0 bridgehead atoms. The Morgan fingerprint density at radius 3 is 2.75 bits per heavy atom. The number of thioether (sulfide) groups is 1. The van der Waals surface area contributed by atoms with Crippen molar-refractivity contribution >= 4 is 38.3 Å². The maximum Gasteiger partial charge on any atom is 0.131 e. The van der Waals surface area contributed by atoms with Crippen LogP contribution in [0.25, 0.3) is 15.7 Å². The van der Waals surface area contributed by atoms with Crippen molar-refractivity contribution in [1.82, 2.24) is 14.8 Å². The van der Waals surface area contributed by atoms with Gasteiger partial charge in [-0.2, -0.15) is 0 Å². The topological polar surface area (TPSA) is 43.8 Å². The summed E-state index contributed by atoms with van der Waals surface area (Å²) in [5.74, 6) is 1.71. The van der Waals surface area contributed by atoms with E-state index in [-0.39, 0.29) is 0 Å². The van der Waals surface area contributed by atoms with Gasteiger partial charge in [-0.1, -0.05) is 37.1 Å². The van der Waals surface area contributed by atoms with Crippen molar-refractivity contribution in [2.75, 3.05) is 39.0 Å². The van der Waals surface area contributed by atoms with Gasteiger partial charge in [0, 0.05) is 49.2 Å². The number of nitrogens with zero attached hydrogens (tertiary/aromatic N) is 4. The summed E-state index contributed by atoms with van der Waals surface area (Å²) in [6.07, 6.45) is 1.90. The number of aromatic nitrogens is 1. The highest BCUT2D eigenvalue weighted by Gasteiger charge is 2.21. The van der Waals surface area contributed by atoms with Crippen molar-refractivity contribution in [3.63, 3.8) is 0 Å². The second-order valence-corrected chi connectivity index (χ2v) is 8.53. The maximum atomic E-state index is 4.56. The van der Waals surface area contributed by atoms with Crippen LogP contribution in [-0.2, 0) is 0 Å². The van der Waals surface area contributed by atoms with E-state index < -0.39 is 0 Å². The number of hydrogen-bond donors (Lipinski definition) is 1. The van der Waals surface area contributed by atoms with Crippen LogP contribution in [0.15, 0.2) is 54.4 Å². The molecule has 6 heteroatoms. The molecule has 0 amide bonds. The molecule has 148 valence electrons. The zero-order chi connectivity index (χ0) is 20.3. The fourth-order valence-electron chi connectivity index (χ4n) is 3.19. The number of hydrogen-bond acceptors (Lipinski definition) is 6. The zero-order valence-electron chi connectivity index (χ0n) is 17.2. The van der Waals surface area contributed by atoms with Crippen molar-refractivity contribution in [2.45, 2.75) is 19.9 Å². The molecule has 1 saturated heterocycles. The highest BCUT2D eigenvalue weighted by molar-refractivity contribution is 8.21. The Bertz CT molecular complexity index is 920. The van der Waals surface area contributed by atoms with Crippen LogP contribution >= 0.6 is 11.8 Å². The number of likely N-dealkylation sites (N-methyl/N-ethyl adjacent to an activating group) is 1. The number of piperazine rings is 1. The molecule has 0 saturated carbocycles. The molecule has 1 unspecified atom stereocenters. The first-order valence-corrected chi connectivity index (χ1v) is 10.3. The normalized spacial score (nSPS) is 18.4. The predicted octanol–water partition coefficient (Wildman–Crippen LogP) is 4.51. The van der Waals surface area contributed by atoms with Gasteiger partial charge >= 0.3 is 0 Å². The molecule has 0 radical (unpaired) electrons. The van der Waals surface area contributed by atoms with E-state index in [0.29, 0.717) is 6.04 Å². The van der Waals surface area contributed by atoms with Gasteiger partial charge in [-0.15, -0.1) is 0 Å². The summed E-state index contributed by atoms with van der Waals surface area (Å²) in [7, 11) is 3.97. The number of pyridine rings is 1. The van der Waals surface area contributed by atoms with E-state index in [0.717, 1.165) is 57.6 Å². The van der Waals surface area contributed by atoms with Crippen molar-refractivity contribution in [2.24, 2.45) is 4.99 Å². The van der Waals surface area contributed by atoms with Gasteiger partial charge in [-0.3, -0.25) is 4.99 Å². The first-order chi connectivity index (χ1) is 13.4. The summed E-state index contributed by atoms with van der Waals surface area (Å²) < 4.78 is 0. The molecule has 1 aliphatic heterocycles. The predicted molar refractivity (Wildman–Crippen MR) is 124 cm³/mol. The van der Waals surface area contributed by atoms with Crippen molar-refractivity contribution in [1.29, 1.82) is 0 Å². The van der Waals surface area contributed by atoms with Crippen LogP contribution in [0, 0.1) is 0 Å². The van der Waals surface area contributed by atoms with E-state index in [1.807, 2.05) is 13.1 Å². The lowest BCUT2D eigenvalue weighted by atomic mass is 10.1. The molecule has 1 N–H and O–H groups in total. The molecule has 2 aromatic rings. The Morgan fingerprint density at radius 1 is 1.25 bits per heavy atom. The molecule has 5 nitrogen and oxygen atoms in total. The SMILES string of the molecule is C=C(SC(C)=NC)c1ccc2cnc(NC(=C)N3CCN(C)C(C)C3)cc2c1. The van der Waals surface area contributed by atoms with Gasteiger partial charge in [0.1, 0.15) is 5.82 Å². The van der Waals surface area contributed by atoms with Gasteiger partial charge in [0.25, 0.3) is 0 Å². The number of nitrogens with one attached hydrogen (secondary N) is 1. The molecule has 1 atom stereocenters. The summed E-state index contributed by atoms with van der Waals surface area (Å²) in [6, 6.07) is 8.91. The monoisotopic (exact) mass is 395 g/mol. The minimum absolute atomic E-state index is 0.512. The lowest BCUT2D eigenvalue weighted by Crippen LogP contribution is -2.50. The number of benzene rings is 1. The third-order valence-corrected chi connectivity index (χ3v) is 6.20. The molecular formula is C22H29N5S. The van der Waals surface area contributed by atoms with Gasteiger partial charge in [-0.05, 0) is 44.0 Å². The molecule has 2 heterocycles. The first kappa shape index (κ1) is 20.4. The molecule has 28 heavy (non-hydrogen) atoms. The van der Waals surface area contributed by atoms with Crippen LogP contribution in [0.5, 0.6) is 0 Å². The van der Waals surface area contributed by atoms with E-state index in [2.05, 4.69) is 76.5 Å². The molecule has 0 aliphatic carbocycles. The number of aliphatic imine (C=N–C) groups is 1. The lowest BCUT2D eigenvalue weighted by Gasteiger charge is -2.39. The second-order valence-electron chi connectivity index (χ2n) is 7.25. The quantitative estimate of drug-likeness (QED) is 0.596. The van der Waals surface area contributed by atoms with Crippen LogP contribution in [0.4, 0.5) is 5.82 Å². The third kappa shape index (κ3) is 4.75. The van der Waals surface area contributed by atoms with Crippen LogP contribution in [-0.4, -0.2) is 59.6 Å². The Morgan fingerprint density at radius 2 is 2.04 bits per heavy atom. The highest BCUT2D eigenvalue weighted by Crippen LogP contribution is 2.29.